The van der Waals surface area contributed by atoms with Gasteiger partial charge in [0.15, 0.2) is 0 Å². The van der Waals surface area contributed by atoms with E-state index in [2.05, 4.69) is 21.2 Å². The summed E-state index contributed by atoms with van der Waals surface area (Å²) in [5.41, 5.74) is 0. The third-order valence-electron chi connectivity index (χ3n) is 2.46. The van der Waals surface area contributed by atoms with Crippen molar-refractivity contribution in [3.8, 4) is 0 Å². The second kappa shape index (κ2) is 6.40. The molecule has 2 N–H and O–H groups in total. The summed E-state index contributed by atoms with van der Waals surface area (Å²) in [5.74, 6) is 0.503. The Balaban J connectivity index is 1.96. The summed E-state index contributed by atoms with van der Waals surface area (Å²) in [6.07, 6.45) is 4.41. The average Bonchev–Trinajstić information content (AvgIpc) is 2.98. The highest BCUT2D eigenvalue weighted by Gasteiger charge is 2.29. The standard InChI is InChI=1S/C10H18BrNO2/c11-6-2-1-3-10(14)12-7-9(13)8-4-5-8/h8-9,13H,1-7H2,(H,12,14). The van der Waals surface area contributed by atoms with E-state index in [4.69, 9.17) is 0 Å². The molecule has 3 nitrogen and oxygen atoms in total. The van der Waals surface area contributed by atoms with Crippen LogP contribution in [0.3, 0.4) is 0 Å². The van der Waals surface area contributed by atoms with Gasteiger partial charge < -0.3 is 10.4 Å². The molecule has 0 aromatic rings. The quantitative estimate of drug-likeness (QED) is 0.540. The number of hydrogen-bond donors (Lipinski definition) is 2. The lowest BCUT2D eigenvalue weighted by Crippen LogP contribution is -2.32. The minimum absolute atomic E-state index is 0.0608. The van der Waals surface area contributed by atoms with Crippen LogP contribution in [0.2, 0.25) is 0 Å². The average molecular weight is 264 g/mol. The number of alkyl halides is 1. The monoisotopic (exact) mass is 263 g/mol. The molecule has 1 atom stereocenters. The molecule has 0 aliphatic heterocycles. The first-order chi connectivity index (χ1) is 6.74. The van der Waals surface area contributed by atoms with Crippen LogP contribution in [-0.2, 0) is 4.79 Å². The Hall–Kier alpha value is -0.0900. The first kappa shape index (κ1) is 12.0. The summed E-state index contributed by atoms with van der Waals surface area (Å²) < 4.78 is 0. The molecule has 14 heavy (non-hydrogen) atoms. The van der Waals surface area contributed by atoms with Gasteiger partial charge in [-0.15, -0.1) is 0 Å². The van der Waals surface area contributed by atoms with Crippen molar-refractivity contribution in [2.24, 2.45) is 5.92 Å². The largest absolute Gasteiger partial charge is 0.391 e. The Morgan fingerprint density at radius 1 is 1.50 bits per heavy atom. The number of rotatable bonds is 7. The van der Waals surface area contributed by atoms with Gasteiger partial charge in [0.2, 0.25) is 5.91 Å². The van der Waals surface area contributed by atoms with Crippen LogP contribution in [0.15, 0.2) is 0 Å². The number of nitrogens with one attached hydrogen (secondary N) is 1. The Labute approximate surface area is 93.4 Å². The van der Waals surface area contributed by atoms with Crippen LogP contribution in [0.25, 0.3) is 0 Å². The maximum atomic E-state index is 11.2. The summed E-state index contributed by atoms with van der Waals surface area (Å²) in [5, 5.41) is 13.2. The van der Waals surface area contributed by atoms with Gasteiger partial charge >= 0.3 is 0 Å². The molecule has 1 aliphatic carbocycles. The number of hydrogen-bond acceptors (Lipinski definition) is 2. The van der Waals surface area contributed by atoms with Crippen LogP contribution in [0, 0.1) is 5.92 Å². The summed E-state index contributed by atoms with van der Waals surface area (Å²) in [6.45, 7) is 0.428. The molecule has 1 saturated carbocycles. The van der Waals surface area contributed by atoms with E-state index in [-0.39, 0.29) is 12.0 Å². The SMILES string of the molecule is O=C(CCCCBr)NCC(O)C1CC1. The molecule has 0 radical (unpaired) electrons. The van der Waals surface area contributed by atoms with Crippen LogP contribution in [0.5, 0.6) is 0 Å². The fourth-order valence-electron chi connectivity index (χ4n) is 1.33. The van der Waals surface area contributed by atoms with E-state index in [9.17, 15) is 9.90 Å². The zero-order valence-corrected chi connectivity index (χ0v) is 9.92. The van der Waals surface area contributed by atoms with Crippen molar-refractivity contribution in [3.05, 3.63) is 0 Å². The van der Waals surface area contributed by atoms with Gasteiger partial charge in [0.25, 0.3) is 0 Å². The molecule has 0 saturated heterocycles. The molecule has 4 heteroatoms. The van der Waals surface area contributed by atoms with E-state index in [0.29, 0.717) is 18.9 Å². The first-order valence-corrected chi connectivity index (χ1v) is 6.37. The second-order valence-corrected chi connectivity index (χ2v) is 4.65. The van der Waals surface area contributed by atoms with E-state index in [1.54, 1.807) is 0 Å². The van der Waals surface area contributed by atoms with Crippen molar-refractivity contribution in [1.82, 2.24) is 5.32 Å². The van der Waals surface area contributed by atoms with Crippen LogP contribution in [0.1, 0.15) is 32.1 Å². The highest BCUT2D eigenvalue weighted by Crippen LogP contribution is 2.32. The Morgan fingerprint density at radius 2 is 2.21 bits per heavy atom. The van der Waals surface area contributed by atoms with Gasteiger partial charge in [-0.3, -0.25) is 4.79 Å². The van der Waals surface area contributed by atoms with Crippen molar-refractivity contribution < 1.29 is 9.90 Å². The second-order valence-electron chi connectivity index (χ2n) is 3.85. The van der Waals surface area contributed by atoms with Crippen molar-refractivity contribution in [2.75, 3.05) is 11.9 Å². The predicted molar refractivity (Wildman–Crippen MR) is 59.4 cm³/mol. The normalized spacial score (nSPS) is 17.9. The van der Waals surface area contributed by atoms with E-state index in [1.165, 1.54) is 0 Å². The number of aliphatic hydroxyl groups excluding tert-OH is 1. The molecule has 0 heterocycles. The van der Waals surface area contributed by atoms with E-state index >= 15 is 0 Å². The van der Waals surface area contributed by atoms with E-state index in [0.717, 1.165) is 31.0 Å². The van der Waals surface area contributed by atoms with Gasteiger partial charge in [-0.25, -0.2) is 0 Å². The number of amides is 1. The van der Waals surface area contributed by atoms with Crippen LogP contribution >= 0.6 is 15.9 Å². The van der Waals surface area contributed by atoms with Crippen molar-refractivity contribution >= 4 is 21.8 Å². The van der Waals surface area contributed by atoms with E-state index < -0.39 is 0 Å². The smallest absolute Gasteiger partial charge is 0.220 e. The number of carbonyl (C=O) groups excluding carboxylic acids is 1. The fourth-order valence-corrected chi connectivity index (χ4v) is 1.73. The zero-order chi connectivity index (χ0) is 10.4. The third-order valence-corrected chi connectivity index (χ3v) is 3.02. The van der Waals surface area contributed by atoms with Gasteiger partial charge in [0.1, 0.15) is 0 Å². The van der Waals surface area contributed by atoms with Crippen LogP contribution in [-0.4, -0.2) is 29.0 Å². The van der Waals surface area contributed by atoms with Crippen molar-refractivity contribution in [2.45, 2.75) is 38.2 Å². The zero-order valence-electron chi connectivity index (χ0n) is 8.34. The van der Waals surface area contributed by atoms with Crippen LogP contribution < -0.4 is 5.32 Å². The Morgan fingerprint density at radius 3 is 2.79 bits per heavy atom. The molecule has 1 amide bonds. The number of halogens is 1. The minimum Gasteiger partial charge on any atom is -0.391 e. The molecule has 0 bridgehead atoms. The molecule has 0 aromatic carbocycles. The highest BCUT2D eigenvalue weighted by molar-refractivity contribution is 9.09. The summed E-state index contributed by atoms with van der Waals surface area (Å²) >= 11 is 3.32. The fraction of sp³-hybridized carbons (Fsp3) is 0.900. The molecular formula is C10H18BrNO2. The van der Waals surface area contributed by atoms with Crippen molar-refractivity contribution in [1.29, 1.82) is 0 Å². The molecule has 1 fully saturated rings. The topological polar surface area (TPSA) is 49.3 Å². The molecule has 0 aromatic heterocycles. The summed E-state index contributed by atoms with van der Waals surface area (Å²) in [7, 11) is 0. The summed E-state index contributed by atoms with van der Waals surface area (Å²) in [6, 6.07) is 0. The molecule has 1 aliphatic rings. The number of unbranched alkanes of at least 4 members (excludes halogenated alkanes) is 1. The molecular weight excluding hydrogens is 246 g/mol. The Kier molecular flexibility index (Phi) is 5.48. The molecule has 1 unspecified atom stereocenters. The Bertz CT molecular complexity index is 183. The maximum Gasteiger partial charge on any atom is 0.220 e. The lowest BCUT2D eigenvalue weighted by atomic mass is 10.2. The first-order valence-electron chi connectivity index (χ1n) is 5.24. The van der Waals surface area contributed by atoms with Crippen LogP contribution in [0.4, 0.5) is 0 Å². The molecule has 82 valence electrons. The summed E-state index contributed by atoms with van der Waals surface area (Å²) in [4.78, 5) is 11.2. The van der Waals surface area contributed by atoms with Gasteiger partial charge in [-0.1, -0.05) is 15.9 Å². The number of carbonyl (C=O) groups is 1. The highest BCUT2D eigenvalue weighted by atomic mass is 79.9. The third kappa shape index (κ3) is 4.96. The van der Waals surface area contributed by atoms with Gasteiger partial charge in [0.05, 0.1) is 6.10 Å². The van der Waals surface area contributed by atoms with Gasteiger partial charge in [-0.2, -0.15) is 0 Å². The minimum atomic E-state index is -0.324. The predicted octanol–water partition coefficient (Wildman–Crippen LogP) is 1.44. The maximum absolute atomic E-state index is 11.2. The van der Waals surface area contributed by atoms with E-state index in [1.807, 2.05) is 0 Å². The lowest BCUT2D eigenvalue weighted by Gasteiger charge is -2.10. The van der Waals surface area contributed by atoms with Gasteiger partial charge in [0, 0.05) is 18.3 Å². The lowest BCUT2D eigenvalue weighted by molar-refractivity contribution is -0.121. The molecule has 0 spiro atoms. The van der Waals surface area contributed by atoms with Crippen molar-refractivity contribution in [3.63, 3.8) is 0 Å². The number of aliphatic hydroxyl groups is 1. The van der Waals surface area contributed by atoms with Gasteiger partial charge in [-0.05, 0) is 31.6 Å². The molecule has 1 rings (SSSR count).